The van der Waals surface area contributed by atoms with Gasteiger partial charge >= 0.3 is 0 Å². The summed E-state index contributed by atoms with van der Waals surface area (Å²) in [7, 11) is 1.70. The van der Waals surface area contributed by atoms with Crippen molar-refractivity contribution in [2.45, 2.75) is 26.2 Å². The first-order chi connectivity index (χ1) is 8.01. The Morgan fingerprint density at radius 1 is 1.35 bits per heavy atom. The molecule has 1 aromatic rings. The molecule has 3 N–H and O–H groups in total. The van der Waals surface area contributed by atoms with E-state index in [2.05, 4.69) is 38.2 Å². The van der Waals surface area contributed by atoms with Gasteiger partial charge in [-0.15, -0.1) is 0 Å². The third kappa shape index (κ3) is 3.72. The van der Waals surface area contributed by atoms with E-state index in [9.17, 15) is 0 Å². The van der Waals surface area contributed by atoms with Crippen molar-refractivity contribution >= 4 is 0 Å². The van der Waals surface area contributed by atoms with E-state index in [-0.39, 0.29) is 5.41 Å². The van der Waals surface area contributed by atoms with Gasteiger partial charge in [0, 0.05) is 25.0 Å². The summed E-state index contributed by atoms with van der Waals surface area (Å²) in [5, 5.41) is 3.37. The fraction of sp³-hybridized carbons (Fsp3) is 0.571. The first kappa shape index (κ1) is 14.0. The van der Waals surface area contributed by atoms with E-state index in [1.807, 2.05) is 6.07 Å². The van der Waals surface area contributed by atoms with E-state index in [0.717, 1.165) is 18.8 Å². The van der Waals surface area contributed by atoms with Crippen LogP contribution < -0.4 is 15.8 Å². The van der Waals surface area contributed by atoms with Gasteiger partial charge < -0.3 is 15.8 Å². The van der Waals surface area contributed by atoms with Gasteiger partial charge in [0.05, 0.1) is 7.11 Å². The number of nitrogens with two attached hydrogens (primary N) is 1. The summed E-state index contributed by atoms with van der Waals surface area (Å²) in [6.45, 7) is 9.01. The van der Waals surface area contributed by atoms with E-state index in [4.69, 9.17) is 10.5 Å². The van der Waals surface area contributed by atoms with E-state index < -0.39 is 0 Å². The van der Waals surface area contributed by atoms with E-state index >= 15 is 0 Å². The van der Waals surface area contributed by atoms with Crippen molar-refractivity contribution in [1.82, 2.24) is 5.32 Å². The Kier molecular flexibility index (Phi) is 4.97. The Morgan fingerprint density at radius 3 is 2.59 bits per heavy atom. The predicted molar refractivity (Wildman–Crippen MR) is 72.7 cm³/mol. The fourth-order valence-electron chi connectivity index (χ4n) is 1.90. The summed E-state index contributed by atoms with van der Waals surface area (Å²) in [5.74, 6) is 0.944. The first-order valence-electron chi connectivity index (χ1n) is 6.07. The van der Waals surface area contributed by atoms with Crippen LogP contribution in [-0.2, 0) is 5.41 Å². The molecule has 0 radical (unpaired) electrons. The molecule has 0 amide bonds. The fourth-order valence-corrected chi connectivity index (χ4v) is 1.90. The number of aryl methyl sites for hydroxylation is 1. The van der Waals surface area contributed by atoms with Crippen molar-refractivity contribution in [3.8, 4) is 5.75 Å². The maximum atomic E-state index is 5.48. The molecule has 3 nitrogen and oxygen atoms in total. The molecule has 0 atom stereocenters. The molecule has 0 spiro atoms. The summed E-state index contributed by atoms with van der Waals surface area (Å²) in [4.78, 5) is 0. The summed E-state index contributed by atoms with van der Waals surface area (Å²) >= 11 is 0. The lowest BCUT2D eigenvalue weighted by Crippen LogP contribution is -2.35. The molecule has 0 aromatic heterocycles. The molecule has 96 valence electrons. The zero-order valence-electron chi connectivity index (χ0n) is 11.3. The second kappa shape index (κ2) is 6.03. The minimum Gasteiger partial charge on any atom is -0.496 e. The molecule has 0 aliphatic rings. The number of hydrogen-bond donors (Lipinski definition) is 2. The van der Waals surface area contributed by atoms with Crippen LogP contribution in [0.15, 0.2) is 18.2 Å². The van der Waals surface area contributed by atoms with Crippen LogP contribution >= 0.6 is 0 Å². The smallest absolute Gasteiger partial charge is 0.121 e. The standard InChI is InChI=1S/C14H24N2O/c1-11-9-12(5-6-13(11)17-4)14(2,3)10-16-8-7-15/h5-6,9,16H,7-8,10,15H2,1-4H3. The molecule has 0 fully saturated rings. The van der Waals surface area contributed by atoms with Crippen molar-refractivity contribution < 1.29 is 4.74 Å². The largest absolute Gasteiger partial charge is 0.496 e. The molecule has 17 heavy (non-hydrogen) atoms. The van der Waals surface area contributed by atoms with Crippen LogP contribution in [0, 0.1) is 6.92 Å². The normalized spacial score (nSPS) is 11.6. The van der Waals surface area contributed by atoms with Crippen molar-refractivity contribution in [2.24, 2.45) is 5.73 Å². The Hall–Kier alpha value is -1.06. The van der Waals surface area contributed by atoms with Crippen LogP contribution in [0.5, 0.6) is 5.75 Å². The summed E-state index contributed by atoms with van der Waals surface area (Å²) < 4.78 is 5.28. The summed E-state index contributed by atoms with van der Waals surface area (Å²) in [6.07, 6.45) is 0. The molecule has 0 saturated carbocycles. The first-order valence-corrected chi connectivity index (χ1v) is 6.07. The lowest BCUT2D eigenvalue weighted by atomic mass is 9.83. The van der Waals surface area contributed by atoms with Gasteiger partial charge in [-0.2, -0.15) is 0 Å². The van der Waals surface area contributed by atoms with Gasteiger partial charge in [0.25, 0.3) is 0 Å². The van der Waals surface area contributed by atoms with Crippen molar-refractivity contribution in [3.63, 3.8) is 0 Å². The molecular weight excluding hydrogens is 212 g/mol. The van der Waals surface area contributed by atoms with E-state index in [1.54, 1.807) is 7.11 Å². The summed E-state index contributed by atoms with van der Waals surface area (Å²) in [5.41, 5.74) is 8.08. The Labute approximate surface area is 104 Å². The number of benzene rings is 1. The highest BCUT2D eigenvalue weighted by Crippen LogP contribution is 2.27. The van der Waals surface area contributed by atoms with Gasteiger partial charge in [-0.25, -0.2) is 0 Å². The third-order valence-electron chi connectivity index (χ3n) is 3.06. The molecule has 1 aromatic carbocycles. The highest BCUT2D eigenvalue weighted by molar-refractivity contribution is 5.39. The predicted octanol–water partition coefficient (Wildman–Crippen LogP) is 1.83. The maximum Gasteiger partial charge on any atom is 0.121 e. The van der Waals surface area contributed by atoms with Crippen LogP contribution in [0.25, 0.3) is 0 Å². The minimum absolute atomic E-state index is 0.103. The highest BCUT2D eigenvalue weighted by Gasteiger charge is 2.20. The minimum atomic E-state index is 0.103. The van der Waals surface area contributed by atoms with Crippen molar-refractivity contribution in [1.29, 1.82) is 0 Å². The number of methoxy groups -OCH3 is 1. The summed E-state index contributed by atoms with van der Waals surface area (Å²) in [6, 6.07) is 6.37. The van der Waals surface area contributed by atoms with Gasteiger partial charge in [-0.05, 0) is 24.1 Å². The van der Waals surface area contributed by atoms with Gasteiger partial charge in [0.15, 0.2) is 0 Å². The second-order valence-electron chi connectivity index (χ2n) is 5.03. The van der Waals surface area contributed by atoms with Gasteiger partial charge in [0.1, 0.15) is 5.75 Å². The second-order valence-corrected chi connectivity index (χ2v) is 5.03. The average molecular weight is 236 g/mol. The number of rotatable bonds is 6. The number of ether oxygens (including phenoxy) is 1. The quantitative estimate of drug-likeness (QED) is 0.741. The molecule has 3 heteroatoms. The van der Waals surface area contributed by atoms with Crippen molar-refractivity contribution in [2.75, 3.05) is 26.7 Å². The van der Waals surface area contributed by atoms with Gasteiger partial charge in [0.2, 0.25) is 0 Å². The molecular formula is C14H24N2O. The molecule has 0 heterocycles. The van der Waals surface area contributed by atoms with Crippen LogP contribution in [0.3, 0.4) is 0 Å². The Bertz CT molecular complexity index is 361. The Morgan fingerprint density at radius 2 is 2.06 bits per heavy atom. The highest BCUT2D eigenvalue weighted by atomic mass is 16.5. The molecule has 0 aliphatic carbocycles. The number of hydrogen-bond acceptors (Lipinski definition) is 3. The van der Waals surface area contributed by atoms with Crippen LogP contribution in [0.4, 0.5) is 0 Å². The van der Waals surface area contributed by atoms with E-state index in [0.29, 0.717) is 6.54 Å². The maximum absolute atomic E-state index is 5.48. The zero-order chi connectivity index (χ0) is 12.9. The van der Waals surface area contributed by atoms with Crippen LogP contribution in [0.1, 0.15) is 25.0 Å². The number of nitrogens with one attached hydrogen (secondary N) is 1. The lowest BCUT2D eigenvalue weighted by molar-refractivity contribution is 0.410. The van der Waals surface area contributed by atoms with Crippen molar-refractivity contribution in [3.05, 3.63) is 29.3 Å². The third-order valence-corrected chi connectivity index (χ3v) is 3.06. The lowest BCUT2D eigenvalue weighted by Gasteiger charge is -2.26. The molecule has 0 aliphatic heterocycles. The molecule has 0 saturated heterocycles. The average Bonchev–Trinajstić information content (AvgIpc) is 2.29. The van der Waals surface area contributed by atoms with E-state index in [1.165, 1.54) is 11.1 Å². The van der Waals surface area contributed by atoms with Crippen LogP contribution in [0.2, 0.25) is 0 Å². The Balaban J connectivity index is 2.80. The molecule has 1 rings (SSSR count). The van der Waals surface area contributed by atoms with Gasteiger partial charge in [-0.3, -0.25) is 0 Å². The zero-order valence-corrected chi connectivity index (χ0v) is 11.3. The van der Waals surface area contributed by atoms with Gasteiger partial charge in [-0.1, -0.05) is 26.0 Å². The molecule has 0 bridgehead atoms. The SMILES string of the molecule is COc1ccc(C(C)(C)CNCCN)cc1C. The van der Waals surface area contributed by atoms with Crippen LogP contribution in [-0.4, -0.2) is 26.7 Å². The topological polar surface area (TPSA) is 47.3 Å². The molecule has 0 unspecified atom stereocenters. The monoisotopic (exact) mass is 236 g/mol.